The van der Waals surface area contributed by atoms with Crippen LogP contribution in [0.2, 0.25) is 0 Å². The van der Waals surface area contributed by atoms with Crippen LogP contribution in [-0.4, -0.2) is 57.1 Å². The molecule has 1 unspecified atom stereocenters. The van der Waals surface area contributed by atoms with Gasteiger partial charge in [0.1, 0.15) is 12.1 Å². The number of rotatable bonds is 11. The molecule has 0 spiro atoms. The quantitative estimate of drug-likeness (QED) is 0.331. The predicted octanol–water partition coefficient (Wildman–Crippen LogP) is 2.63. The minimum absolute atomic E-state index is 0.222. The van der Waals surface area contributed by atoms with Crippen molar-refractivity contribution in [2.75, 3.05) is 20.6 Å². The summed E-state index contributed by atoms with van der Waals surface area (Å²) in [4.78, 5) is 27.8. The highest BCUT2D eigenvalue weighted by Crippen LogP contribution is 2.30. The first-order chi connectivity index (χ1) is 19.2. The lowest BCUT2D eigenvalue weighted by Gasteiger charge is -2.31. The first-order valence-electron chi connectivity index (χ1n) is 13.1. The number of amides is 1. The van der Waals surface area contributed by atoms with Gasteiger partial charge >= 0.3 is 0 Å². The zero-order valence-corrected chi connectivity index (χ0v) is 23.3. The summed E-state index contributed by atoms with van der Waals surface area (Å²) < 4.78 is 29.8. The zero-order valence-electron chi connectivity index (χ0n) is 22.4. The van der Waals surface area contributed by atoms with Gasteiger partial charge in [-0.15, -0.1) is 0 Å². The summed E-state index contributed by atoms with van der Waals surface area (Å²) in [6.45, 7) is 0.694. The molecule has 0 aliphatic carbocycles. The van der Waals surface area contributed by atoms with E-state index >= 15 is 0 Å². The number of nitrogens with one attached hydrogen (secondary N) is 3. The molecular formula is C30H33N5O4S. The Balaban J connectivity index is 1.78. The molecule has 0 aromatic heterocycles. The van der Waals surface area contributed by atoms with Gasteiger partial charge in [-0.1, -0.05) is 72.8 Å². The van der Waals surface area contributed by atoms with Crippen molar-refractivity contribution < 1.29 is 18.0 Å². The Labute approximate surface area is 235 Å². The van der Waals surface area contributed by atoms with Gasteiger partial charge in [-0.25, -0.2) is 0 Å². The second-order valence-electron chi connectivity index (χ2n) is 9.91. The maximum atomic E-state index is 14.2. The fourth-order valence-corrected chi connectivity index (χ4v) is 5.64. The van der Waals surface area contributed by atoms with E-state index in [4.69, 9.17) is 0 Å². The number of Topliss-reactive ketones (excluding diaryl/α,β-unsaturated/α-hetero) is 1. The van der Waals surface area contributed by atoms with Crippen molar-refractivity contribution in [1.29, 1.82) is 5.26 Å². The lowest BCUT2D eigenvalue weighted by Crippen LogP contribution is -2.54. The summed E-state index contributed by atoms with van der Waals surface area (Å²) in [6, 6.07) is 24.1. The van der Waals surface area contributed by atoms with Crippen LogP contribution >= 0.6 is 0 Å². The van der Waals surface area contributed by atoms with E-state index < -0.39 is 40.2 Å². The van der Waals surface area contributed by atoms with Crippen LogP contribution in [0.1, 0.15) is 47.1 Å². The van der Waals surface area contributed by atoms with Gasteiger partial charge in [-0.2, -0.15) is 22.7 Å². The first kappa shape index (κ1) is 29.1. The Kier molecular flexibility index (Phi) is 9.45. The van der Waals surface area contributed by atoms with Gasteiger partial charge in [0.15, 0.2) is 5.78 Å². The smallest absolute Gasteiger partial charge is 0.279 e. The molecule has 3 N–H and O–H groups in total. The number of hydrogen-bond acceptors (Lipinski definition) is 6. The maximum absolute atomic E-state index is 14.2. The number of nitriles is 1. The minimum atomic E-state index is -4.06. The molecule has 0 bridgehead atoms. The van der Waals surface area contributed by atoms with Crippen LogP contribution in [0.4, 0.5) is 0 Å². The topological polar surface area (TPSA) is 131 Å². The average Bonchev–Trinajstić information content (AvgIpc) is 3.51. The molecule has 3 atom stereocenters. The zero-order chi connectivity index (χ0) is 28.7. The van der Waals surface area contributed by atoms with Crippen LogP contribution in [0.3, 0.4) is 0 Å². The van der Waals surface area contributed by atoms with Crippen molar-refractivity contribution in [2.45, 2.75) is 36.9 Å². The third-order valence-electron chi connectivity index (χ3n) is 7.04. The molecular weight excluding hydrogens is 526 g/mol. The van der Waals surface area contributed by atoms with Gasteiger partial charge in [0.05, 0.1) is 17.7 Å². The van der Waals surface area contributed by atoms with Crippen molar-refractivity contribution >= 4 is 21.9 Å². The number of benzene rings is 3. The van der Waals surface area contributed by atoms with Gasteiger partial charge in [-0.05, 0) is 48.2 Å². The Morgan fingerprint density at radius 3 is 1.98 bits per heavy atom. The van der Waals surface area contributed by atoms with E-state index in [1.165, 1.54) is 14.1 Å². The van der Waals surface area contributed by atoms with Gasteiger partial charge in [-0.3, -0.25) is 9.59 Å². The van der Waals surface area contributed by atoms with Crippen LogP contribution in [0.5, 0.6) is 0 Å². The monoisotopic (exact) mass is 559 g/mol. The summed E-state index contributed by atoms with van der Waals surface area (Å²) >= 11 is 0. The second-order valence-corrected chi connectivity index (χ2v) is 11.8. The summed E-state index contributed by atoms with van der Waals surface area (Å²) in [5, 5.41) is 15.3. The number of carbonyl (C=O) groups excluding carboxylic acids is 2. The molecule has 10 heteroatoms. The predicted molar refractivity (Wildman–Crippen MR) is 152 cm³/mol. The molecule has 0 radical (unpaired) electrons. The summed E-state index contributed by atoms with van der Waals surface area (Å²) in [5.41, 5.74) is 2.39. The summed E-state index contributed by atoms with van der Waals surface area (Å²) in [6.07, 6.45) is 1.47. The van der Waals surface area contributed by atoms with E-state index in [-0.39, 0.29) is 5.78 Å². The normalized spacial score (nSPS) is 16.8. The van der Waals surface area contributed by atoms with E-state index in [0.717, 1.165) is 21.9 Å². The molecule has 4 rings (SSSR count). The Hall–Kier alpha value is -3.88. The molecule has 3 aromatic carbocycles. The molecule has 1 heterocycles. The van der Waals surface area contributed by atoms with Crippen LogP contribution in [0, 0.1) is 11.3 Å². The maximum Gasteiger partial charge on any atom is 0.279 e. The number of ketones is 1. The molecule has 1 aliphatic rings. The highest BCUT2D eigenvalue weighted by molar-refractivity contribution is 7.87. The fourth-order valence-electron chi connectivity index (χ4n) is 4.87. The van der Waals surface area contributed by atoms with Crippen molar-refractivity contribution in [3.8, 4) is 6.07 Å². The van der Waals surface area contributed by atoms with Crippen LogP contribution in [0.15, 0.2) is 84.9 Å². The van der Waals surface area contributed by atoms with Gasteiger partial charge in [0.2, 0.25) is 5.91 Å². The van der Waals surface area contributed by atoms with Gasteiger partial charge in [0, 0.05) is 20.0 Å². The molecule has 3 aromatic rings. The summed E-state index contributed by atoms with van der Waals surface area (Å²) in [5.74, 6) is -1.57. The molecule has 1 aliphatic heterocycles. The second kappa shape index (κ2) is 13.0. The van der Waals surface area contributed by atoms with Crippen molar-refractivity contribution in [1.82, 2.24) is 19.7 Å². The molecule has 208 valence electrons. The lowest BCUT2D eigenvalue weighted by atomic mass is 9.84. The number of hydrogen-bond donors (Lipinski definition) is 3. The molecule has 1 amide bonds. The van der Waals surface area contributed by atoms with Crippen LogP contribution < -0.4 is 15.4 Å². The third kappa shape index (κ3) is 6.81. The Morgan fingerprint density at radius 2 is 1.50 bits per heavy atom. The molecule has 0 saturated carbocycles. The van der Waals surface area contributed by atoms with Crippen molar-refractivity contribution in [3.63, 3.8) is 0 Å². The largest absolute Gasteiger partial charge is 0.341 e. The third-order valence-corrected chi connectivity index (χ3v) is 8.55. The summed E-state index contributed by atoms with van der Waals surface area (Å²) in [7, 11) is -1.30. The molecule has 9 nitrogen and oxygen atoms in total. The molecule has 1 fully saturated rings. The standard InChI is InChI=1S/C30H33N5O4S/c1-35(2)40(38,39)34-28(26(22-10-5-3-6-11-22)23-12-7-4-8-13-23)30(37)33-27(29(36)25-14-9-19-32-25)24-17-15-21(20-31)16-18-24/h3-8,10-13,15-18,25-28,32,34H,9,14,19H2,1-2H3,(H,33,37)/t25-,27?,28+/m0/s1. The Bertz CT molecular complexity index is 1410. The highest BCUT2D eigenvalue weighted by atomic mass is 32.2. The van der Waals surface area contributed by atoms with Crippen LogP contribution in [0.25, 0.3) is 0 Å². The van der Waals surface area contributed by atoms with E-state index in [2.05, 4.69) is 21.4 Å². The first-order valence-corrected chi connectivity index (χ1v) is 14.5. The fraction of sp³-hybridized carbons (Fsp3) is 0.300. The number of nitrogens with zero attached hydrogens (tertiary/aromatic N) is 2. The number of carbonyl (C=O) groups is 2. The van der Waals surface area contributed by atoms with Crippen molar-refractivity contribution in [3.05, 3.63) is 107 Å². The van der Waals surface area contributed by atoms with Crippen molar-refractivity contribution in [2.24, 2.45) is 0 Å². The van der Waals surface area contributed by atoms with E-state index in [0.29, 0.717) is 24.1 Å². The van der Waals surface area contributed by atoms with Crippen LogP contribution in [-0.2, 0) is 19.8 Å². The Morgan fingerprint density at radius 1 is 0.925 bits per heavy atom. The van der Waals surface area contributed by atoms with E-state index in [9.17, 15) is 23.3 Å². The SMILES string of the molecule is CN(C)S(=O)(=O)N[C@@H](C(=O)NC(C(=O)[C@@H]1CCCN1)c1ccc(C#N)cc1)C(c1ccccc1)c1ccccc1. The average molecular weight is 560 g/mol. The van der Waals surface area contributed by atoms with Gasteiger partial charge < -0.3 is 10.6 Å². The molecule has 1 saturated heterocycles. The highest BCUT2D eigenvalue weighted by Gasteiger charge is 2.38. The van der Waals surface area contributed by atoms with Gasteiger partial charge in [0.25, 0.3) is 10.2 Å². The minimum Gasteiger partial charge on any atom is -0.341 e. The van der Waals surface area contributed by atoms with E-state index in [1.54, 1.807) is 24.3 Å². The lowest BCUT2D eigenvalue weighted by molar-refractivity contribution is -0.130. The van der Waals surface area contributed by atoms with E-state index in [1.807, 2.05) is 60.7 Å². The molecule has 40 heavy (non-hydrogen) atoms.